The van der Waals surface area contributed by atoms with Crippen LogP contribution in [0.25, 0.3) is 0 Å². The summed E-state index contributed by atoms with van der Waals surface area (Å²) in [6, 6.07) is 0. The maximum Gasteiger partial charge on any atom is 0.411 e. The Bertz CT molecular complexity index is 887. The fourth-order valence-corrected chi connectivity index (χ4v) is 9.13. The minimum Gasteiger partial charge on any atom is -0.435 e. The molecule has 0 aromatic carbocycles. The van der Waals surface area contributed by atoms with E-state index in [1.165, 1.54) is 0 Å². The first-order valence-corrected chi connectivity index (χ1v) is 22.7. The highest BCUT2D eigenvalue weighted by Crippen LogP contribution is 2.56. The van der Waals surface area contributed by atoms with Crippen LogP contribution in [0.5, 0.6) is 0 Å². The predicted octanol–water partition coefficient (Wildman–Crippen LogP) is 8.33. The Morgan fingerprint density at radius 1 is 0.490 bits per heavy atom. The lowest BCUT2D eigenvalue weighted by molar-refractivity contribution is -0.405. The van der Waals surface area contributed by atoms with Crippen LogP contribution in [0.1, 0.15) is 168 Å². The van der Waals surface area contributed by atoms with Crippen LogP contribution < -0.4 is 0 Å². The second-order valence-electron chi connectivity index (χ2n) is 14.9. The summed E-state index contributed by atoms with van der Waals surface area (Å²) >= 11 is 0. The molecular formula is C37H73O10Si4. The predicted molar refractivity (Wildman–Crippen MR) is 206 cm³/mol. The van der Waals surface area contributed by atoms with E-state index in [0.29, 0.717) is 12.8 Å². The van der Waals surface area contributed by atoms with Gasteiger partial charge in [0.1, 0.15) is 0 Å². The van der Waals surface area contributed by atoms with Crippen molar-refractivity contribution < 1.29 is 45.5 Å². The van der Waals surface area contributed by atoms with Crippen molar-refractivity contribution in [2.75, 3.05) is 0 Å². The van der Waals surface area contributed by atoms with Crippen LogP contribution in [-0.2, 0) is 45.5 Å². The molecule has 297 valence electrons. The largest absolute Gasteiger partial charge is 0.435 e. The SMILES string of the molecule is CCC(C)OC1(OC(C)CC)CC(OC(C)CC)(OC(C)CC)CC(OC(C)CC)(OC(C)CC)C([Si]O[Si]O[Si]O[Si])C(C)(OC(C)CC)C1. The lowest BCUT2D eigenvalue weighted by Crippen LogP contribution is -2.66. The van der Waals surface area contributed by atoms with Gasteiger partial charge in [-0.15, -0.1) is 0 Å². The van der Waals surface area contributed by atoms with E-state index < -0.39 is 28.5 Å². The molecule has 1 aliphatic rings. The lowest BCUT2D eigenvalue weighted by Gasteiger charge is -2.58. The molecule has 9 radical (unpaired) electrons. The fraction of sp³-hybridized carbons (Fsp3) is 1.00. The summed E-state index contributed by atoms with van der Waals surface area (Å²) in [5.74, 6) is -3.64. The Morgan fingerprint density at radius 2 is 0.843 bits per heavy atom. The van der Waals surface area contributed by atoms with Crippen LogP contribution in [0, 0.1) is 0 Å². The van der Waals surface area contributed by atoms with Crippen LogP contribution in [-0.4, -0.2) is 106 Å². The third kappa shape index (κ3) is 15.9. The molecule has 0 amide bonds. The van der Waals surface area contributed by atoms with Crippen molar-refractivity contribution in [3.05, 3.63) is 0 Å². The van der Waals surface area contributed by atoms with E-state index in [2.05, 4.69) is 114 Å². The molecule has 1 fully saturated rings. The van der Waals surface area contributed by atoms with Gasteiger partial charge < -0.3 is 45.5 Å². The summed E-state index contributed by atoms with van der Waals surface area (Å²) in [6.07, 6.45) is 5.59. The van der Waals surface area contributed by atoms with Gasteiger partial charge in [-0.05, 0) is 100 Å². The standard InChI is InChI=1S/C37H73O10Si4/c1-16-26(8)38-34(15)23-35(39-27(9)17-2,40-28(10)18-3)24-36(41-29(11)19-4,42-30(12)20-5)25-37(43-31(13)21-6,44-32(14)22-7)33(34)49-46-51-47-50-45-48/h26-33H,16-25H2,1-15H3. The Balaban J connectivity index is 4.49. The van der Waals surface area contributed by atoms with Crippen molar-refractivity contribution in [2.45, 2.75) is 239 Å². The highest BCUT2D eigenvalue weighted by Gasteiger charge is 2.65. The molecule has 1 rings (SSSR count). The zero-order chi connectivity index (χ0) is 38.9. The van der Waals surface area contributed by atoms with Crippen LogP contribution in [0.2, 0.25) is 5.54 Å². The Hall–Kier alpha value is 0.468. The first-order chi connectivity index (χ1) is 24.0. The molecule has 0 saturated heterocycles. The average Bonchev–Trinajstić information content (AvgIpc) is 3.08. The van der Waals surface area contributed by atoms with E-state index in [4.69, 9.17) is 45.5 Å². The lowest BCUT2D eigenvalue weighted by atomic mass is 9.77. The highest BCUT2D eigenvalue weighted by atomic mass is 28.4. The first-order valence-electron chi connectivity index (χ1n) is 19.6. The first kappa shape index (κ1) is 49.5. The quantitative estimate of drug-likeness (QED) is 0.0460. The van der Waals surface area contributed by atoms with Gasteiger partial charge in [-0.2, -0.15) is 0 Å². The summed E-state index contributed by atoms with van der Waals surface area (Å²) in [5, 5.41) is 0. The van der Waals surface area contributed by atoms with Gasteiger partial charge in [-0.1, -0.05) is 48.5 Å². The topological polar surface area (TPSA) is 92.3 Å². The molecule has 0 heterocycles. The van der Waals surface area contributed by atoms with Crippen LogP contribution in [0.3, 0.4) is 0 Å². The molecule has 0 bridgehead atoms. The summed E-state index contributed by atoms with van der Waals surface area (Å²) in [5.41, 5.74) is -1.40. The smallest absolute Gasteiger partial charge is 0.411 e. The van der Waals surface area contributed by atoms with E-state index in [1.807, 2.05) is 0 Å². The molecule has 0 aromatic heterocycles. The van der Waals surface area contributed by atoms with E-state index in [-0.39, 0.29) is 78.9 Å². The minimum atomic E-state index is -1.26. The molecule has 0 spiro atoms. The third-order valence-corrected chi connectivity index (χ3v) is 13.1. The van der Waals surface area contributed by atoms with Gasteiger partial charge >= 0.3 is 20.0 Å². The molecule has 14 heteroatoms. The molecule has 10 nitrogen and oxygen atoms in total. The Labute approximate surface area is 324 Å². The van der Waals surface area contributed by atoms with Crippen molar-refractivity contribution in [1.29, 1.82) is 0 Å². The van der Waals surface area contributed by atoms with Gasteiger partial charge in [0.25, 0.3) is 0 Å². The third-order valence-electron chi connectivity index (χ3n) is 10.0. The maximum absolute atomic E-state index is 7.31. The number of hydrogen-bond donors (Lipinski definition) is 0. The molecule has 0 aliphatic heterocycles. The van der Waals surface area contributed by atoms with Crippen LogP contribution in [0.15, 0.2) is 0 Å². The number of hydrogen-bond acceptors (Lipinski definition) is 10. The molecule has 0 N–H and O–H groups in total. The monoisotopic (exact) mass is 789 g/mol. The van der Waals surface area contributed by atoms with Crippen LogP contribution >= 0.6 is 0 Å². The van der Waals surface area contributed by atoms with E-state index >= 15 is 0 Å². The van der Waals surface area contributed by atoms with E-state index in [0.717, 1.165) is 44.9 Å². The summed E-state index contributed by atoms with van der Waals surface area (Å²) in [6.45, 7) is 31.8. The number of ether oxygens (including phenoxy) is 7. The Morgan fingerprint density at radius 3 is 1.22 bits per heavy atom. The van der Waals surface area contributed by atoms with Crippen molar-refractivity contribution in [3.8, 4) is 0 Å². The molecular weight excluding hydrogens is 717 g/mol. The van der Waals surface area contributed by atoms with E-state index in [9.17, 15) is 0 Å². The summed E-state index contributed by atoms with van der Waals surface area (Å²) < 4.78 is 67.8. The van der Waals surface area contributed by atoms with Gasteiger partial charge in [0.15, 0.2) is 17.4 Å². The van der Waals surface area contributed by atoms with Gasteiger partial charge in [-0.25, -0.2) is 0 Å². The zero-order valence-electron chi connectivity index (χ0n) is 34.8. The fourth-order valence-electron chi connectivity index (χ4n) is 6.41. The second kappa shape index (κ2) is 24.2. The zero-order valence-corrected chi connectivity index (χ0v) is 38.8. The molecule has 9 unspecified atom stereocenters. The van der Waals surface area contributed by atoms with Crippen molar-refractivity contribution in [2.24, 2.45) is 0 Å². The number of rotatable bonds is 27. The normalized spacial score (nSPS) is 31.6. The highest BCUT2D eigenvalue weighted by molar-refractivity contribution is 6.45. The van der Waals surface area contributed by atoms with Gasteiger partial charge in [0, 0.05) is 6.42 Å². The second-order valence-corrected chi connectivity index (χ2v) is 18.5. The summed E-state index contributed by atoms with van der Waals surface area (Å²) in [7, 11) is 2.42. The van der Waals surface area contributed by atoms with E-state index in [1.54, 1.807) is 0 Å². The maximum atomic E-state index is 7.31. The van der Waals surface area contributed by atoms with Gasteiger partial charge in [0.2, 0.25) is 20.2 Å². The molecule has 0 aromatic rings. The molecule has 1 saturated carbocycles. The van der Waals surface area contributed by atoms with Crippen molar-refractivity contribution in [3.63, 3.8) is 0 Å². The molecule has 1 aliphatic carbocycles. The minimum absolute atomic E-state index is 0.0873. The van der Waals surface area contributed by atoms with Gasteiger partial charge in [-0.3, -0.25) is 0 Å². The van der Waals surface area contributed by atoms with Gasteiger partial charge in [0.05, 0.1) is 66.7 Å². The van der Waals surface area contributed by atoms with Crippen molar-refractivity contribution in [1.82, 2.24) is 0 Å². The summed E-state index contributed by atoms with van der Waals surface area (Å²) in [4.78, 5) is 0. The molecule has 51 heavy (non-hydrogen) atoms. The van der Waals surface area contributed by atoms with Crippen molar-refractivity contribution >= 4 is 40.3 Å². The average molecular weight is 790 g/mol. The molecule has 9 atom stereocenters. The Kier molecular flexibility index (Phi) is 23.5. The van der Waals surface area contributed by atoms with Crippen LogP contribution in [0.4, 0.5) is 0 Å².